The van der Waals surface area contributed by atoms with E-state index in [-0.39, 0.29) is 83.7 Å². The number of hydrogen-bond donors (Lipinski definition) is 9. The molecule has 0 bridgehead atoms. The van der Waals surface area contributed by atoms with Gasteiger partial charge in [0.15, 0.2) is 0 Å². The standard InChI is InChI=1S/C51H91N9O17S/c1-8-40(78-34-39(46(68)59-49(2,3)35-61)57-42(64)30-51(6,7)76-36-50(4,5)58-45(67)33-56-44(66)32-55-43(65)31-52)47(69)60(37-62)19-16-41(63)53-17-20-71-22-24-73-26-28-75-29-27-74-25-23-72-21-18-54-48(70)77-38-14-12-10-9-11-13-15-38/h9-10,37-40,61H,8,11-36,52H2,1-7H3,(H,53,63)(H,54,70)(H,55,65)(H,56,66)(H,57,64)(H,58,67)(H,59,68)/b10-9+. The number of hydrogen-bond acceptors (Lipinski definition) is 19. The average Bonchev–Trinajstić information content (AvgIpc) is 3.37. The number of allylic oxidation sites excluding steroid dienone is 2. The lowest BCUT2D eigenvalue weighted by molar-refractivity contribution is -0.138. The Morgan fingerprint density at radius 1 is 0.705 bits per heavy atom. The minimum atomic E-state index is -1.19. The van der Waals surface area contributed by atoms with Gasteiger partial charge in [0.25, 0.3) is 0 Å². The van der Waals surface area contributed by atoms with Gasteiger partial charge in [-0.3, -0.25) is 43.3 Å². The lowest BCUT2D eigenvalue weighted by Gasteiger charge is -2.33. The number of carbonyl (C=O) groups is 9. The summed E-state index contributed by atoms with van der Waals surface area (Å²) in [5, 5.41) is 27.2. The zero-order chi connectivity index (χ0) is 58.2. The number of nitrogens with two attached hydrogens (primary N) is 1. The number of nitrogens with one attached hydrogen (secondary N) is 7. The summed E-state index contributed by atoms with van der Waals surface area (Å²) in [7, 11) is 0. The van der Waals surface area contributed by atoms with Crippen molar-refractivity contribution in [3.63, 3.8) is 0 Å². The molecule has 78 heavy (non-hydrogen) atoms. The van der Waals surface area contributed by atoms with Crippen molar-refractivity contribution in [3.8, 4) is 0 Å². The monoisotopic (exact) mass is 1130 g/mol. The maximum absolute atomic E-state index is 13.5. The number of imide groups is 1. The number of carbonyl (C=O) groups excluding carboxylic acids is 9. The highest BCUT2D eigenvalue weighted by Crippen LogP contribution is 2.21. The molecule has 0 saturated heterocycles. The van der Waals surface area contributed by atoms with Crippen LogP contribution < -0.4 is 43.0 Å². The van der Waals surface area contributed by atoms with E-state index in [1.807, 2.05) is 0 Å². The van der Waals surface area contributed by atoms with E-state index in [0.717, 1.165) is 48.8 Å². The van der Waals surface area contributed by atoms with Crippen LogP contribution in [0.2, 0.25) is 0 Å². The molecule has 3 unspecified atom stereocenters. The molecule has 1 rings (SSSR count). The van der Waals surface area contributed by atoms with E-state index in [2.05, 4.69) is 49.4 Å². The largest absolute Gasteiger partial charge is 0.446 e. The van der Waals surface area contributed by atoms with E-state index < -0.39 is 82.0 Å². The van der Waals surface area contributed by atoms with Gasteiger partial charge >= 0.3 is 6.09 Å². The Hall–Kier alpha value is -5.00. The van der Waals surface area contributed by atoms with Gasteiger partial charge in [-0.2, -0.15) is 0 Å². The van der Waals surface area contributed by atoms with E-state index in [0.29, 0.717) is 65.8 Å². The number of thioether (sulfide) groups is 1. The van der Waals surface area contributed by atoms with E-state index in [1.54, 1.807) is 48.5 Å². The Morgan fingerprint density at radius 3 is 1.85 bits per heavy atom. The highest BCUT2D eigenvalue weighted by atomic mass is 32.2. The molecule has 10 N–H and O–H groups in total. The quantitative estimate of drug-likeness (QED) is 0.0208. The van der Waals surface area contributed by atoms with Crippen LogP contribution in [0.1, 0.15) is 99.8 Å². The van der Waals surface area contributed by atoms with Gasteiger partial charge in [0.1, 0.15) is 12.1 Å². The molecule has 9 amide bonds. The Kier molecular flexibility index (Phi) is 37.4. The molecule has 0 aromatic rings. The molecule has 1 aliphatic carbocycles. The first-order valence-corrected chi connectivity index (χ1v) is 27.6. The average molecular weight is 1130 g/mol. The molecule has 0 spiro atoms. The molecule has 0 aromatic carbocycles. The number of alkyl carbamates (subject to hydrolysis) is 1. The third kappa shape index (κ3) is 36.2. The molecule has 27 heteroatoms. The zero-order valence-corrected chi connectivity index (χ0v) is 47.8. The topological polar surface area (TPSA) is 352 Å². The minimum absolute atomic E-state index is 0.0529. The highest BCUT2D eigenvalue weighted by molar-refractivity contribution is 8.00. The molecule has 0 radical (unpaired) electrons. The molecular weight excluding hydrogens is 1040 g/mol. The van der Waals surface area contributed by atoms with E-state index in [1.165, 1.54) is 0 Å². The summed E-state index contributed by atoms with van der Waals surface area (Å²) in [5.74, 6) is -3.94. The van der Waals surface area contributed by atoms with Crippen molar-refractivity contribution in [2.24, 2.45) is 5.73 Å². The summed E-state index contributed by atoms with van der Waals surface area (Å²) in [6, 6.07) is -1.19. The molecule has 0 fully saturated rings. The van der Waals surface area contributed by atoms with Crippen molar-refractivity contribution < 1.29 is 81.4 Å². The Balaban J connectivity index is 2.38. The van der Waals surface area contributed by atoms with E-state index in [4.69, 9.17) is 38.9 Å². The Morgan fingerprint density at radius 2 is 1.27 bits per heavy atom. The molecule has 3 atom stereocenters. The lowest BCUT2D eigenvalue weighted by atomic mass is 10.0. The summed E-state index contributed by atoms with van der Waals surface area (Å²) in [6.45, 7) is 13.8. The van der Waals surface area contributed by atoms with Crippen LogP contribution in [-0.2, 0) is 71.5 Å². The molecule has 0 aliphatic heterocycles. The van der Waals surface area contributed by atoms with Gasteiger partial charge < -0.3 is 81.2 Å². The van der Waals surface area contributed by atoms with Gasteiger partial charge in [-0.15, -0.1) is 11.8 Å². The van der Waals surface area contributed by atoms with Gasteiger partial charge in [0.2, 0.25) is 47.8 Å². The van der Waals surface area contributed by atoms with Crippen molar-refractivity contribution in [2.45, 2.75) is 134 Å². The summed E-state index contributed by atoms with van der Waals surface area (Å²) in [6.07, 6.45) is 8.68. The fourth-order valence-corrected chi connectivity index (χ4v) is 8.02. The third-order valence-electron chi connectivity index (χ3n) is 11.1. The first-order chi connectivity index (χ1) is 37.1. The van der Waals surface area contributed by atoms with Crippen LogP contribution in [-0.4, -0.2) is 222 Å². The number of nitrogens with zero attached hydrogens (tertiary/aromatic N) is 1. The van der Waals surface area contributed by atoms with Crippen LogP contribution in [0.4, 0.5) is 4.79 Å². The van der Waals surface area contributed by atoms with Crippen LogP contribution in [0.15, 0.2) is 12.2 Å². The van der Waals surface area contributed by atoms with Crippen LogP contribution >= 0.6 is 11.8 Å². The minimum Gasteiger partial charge on any atom is -0.446 e. The van der Waals surface area contributed by atoms with Crippen molar-refractivity contribution in [1.29, 1.82) is 0 Å². The highest BCUT2D eigenvalue weighted by Gasteiger charge is 2.33. The predicted molar refractivity (Wildman–Crippen MR) is 290 cm³/mol. The van der Waals surface area contributed by atoms with Crippen LogP contribution in [0.3, 0.4) is 0 Å². The van der Waals surface area contributed by atoms with Gasteiger partial charge in [-0.1, -0.05) is 19.1 Å². The van der Waals surface area contributed by atoms with Gasteiger partial charge in [-0.25, -0.2) is 4.79 Å². The molecule has 0 saturated carbocycles. The van der Waals surface area contributed by atoms with Gasteiger partial charge in [0, 0.05) is 31.8 Å². The lowest BCUT2D eigenvalue weighted by Crippen LogP contribution is -2.56. The summed E-state index contributed by atoms with van der Waals surface area (Å²) < 4.78 is 39.0. The molecular formula is C51H91N9O17S. The number of aliphatic hydroxyl groups is 1. The zero-order valence-electron chi connectivity index (χ0n) is 47.0. The molecule has 26 nitrogen and oxygen atoms in total. The Bertz CT molecular complexity index is 1840. The van der Waals surface area contributed by atoms with Crippen LogP contribution in [0, 0.1) is 0 Å². The number of ether oxygens (including phenoxy) is 7. The normalized spacial score (nSPS) is 15.0. The summed E-state index contributed by atoms with van der Waals surface area (Å²) in [5.41, 5.74) is 2.08. The summed E-state index contributed by atoms with van der Waals surface area (Å²) in [4.78, 5) is 114. The Labute approximate surface area is 463 Å². The second-order valence-corrected chi connectivity index (χ2v) is 21.3. The van der Waals surface area contributed by atoms with Crippen LogP contribution in [0.5, 0.6) is 0 Å². The van der Waals surface area contributed by atoms with Gasteiger partial charge in [-0.05, 0) is 80.1 Å². The third-order valence-corrected chi connectivity index (χ3v) is 12.6. The SMILES string of the molecule is CCC(SCC(NC(=O)CC(C)(C)OCC(C)(C)NC(=O)CNC(=O)CNC(=O)CN)C(=O)NC(C)(C)CO)C(=O)N(C=O)CCC(=O)NCCOCCOCCOCCOCCOCCNC(=O)OC1CC/C=C/CCC1. The van der Waals surface area contributed by atoms with Crippen molar-refractivity contribution >= 4 is 65.6 Å². The molecule has 0 aromatic heterocycles. The molecule has 0 heterocycles. The molecule has 1 aliphatic rings. The second kappa shape index (κ2) is 41.1. The molecule has 448 valence electrons. The second-order valence-electron chi connectivity index (χ2n) is 20.0. The smallest absolute Gasteiger partial charge is 0.407 e. The van der Waals surface area contributed by atoms with Crippen LogP contribution in [0.25, 0.3) is 0 Å². The van der Waals surface area contributed by atoms with Gasteiger partial charge in [0.05, 0.1) is 127 Å². The van der Waals surface area contributed by atoms with Crippen molar-refractivity contribution in [1.82, 2.24) is 42.1 Å². The van der Waals surface area contributed by atoms with E-state index in [9.17, 15) is 48.3 Å². The van der Waals surface area contributed by atoms with E-state index >= 15 is 0 Å². The fraction of sp³-hybridized carbons (Fsp3) is 0.784. The summed E-state index contributed by atoms with van der Waals surface area (Å²) >= 11 is 1.04. The van der Waals surface area contributed by atoms with Crippen molar-refractivity contribution in [2.75, 3.05) is 124 Å². The first-order valence-electron chi connectivity index (χ1n) is 26.6. The van der Waals surface area contributed by atoms with Crippen molar-refractivity contribution in [3.05, 3.63) is 12.2 Å². The number of aliphatic hydroxyl groups excluding tert-OH is 1. The first kappa shape index (κ1) is 71.0. The number of amides is 9. The fourth-order valence-electron chi connectivity index (χ4n) is 6.84. The maximum atomic E-state index is 13.5. The predicted octanol–water partition coefficient (Wildman–Crippen LogP) is -0.669. The number of rotatable bonds is 43. The maximum Gasteiger partial charge on any atom is 0.407 e.